The van der Waals surface area contributed by atoms with Crippen LogP contribution in [0.15, 0.2) is 24.3 Å². The molecule has 5 nitrogen and oxygen atoms in total. The number of H-pyrrole nitrogens is 1. The third-order valence-electron chi connectivity index (χ3n) is 3.75. The average Bonchev–Trinajstić information content (AvgIpc) is 2.80. The van der Waals surface area contributed by atoms with Gasteiger partial charge in [0, 0.05) is 19.7 Å². The Morgan fingerprint density at radius 3 is 2.95 bits per heavy atom. The molecule has 5 heteroatoms. The van der Waals surface area contributed by atoms with Gasteiger partial charge in [-0.3, -0.25) is 4.79 Å². The number of hydrogen-bond donors (Lipinski definition) is 1. The van der Waals surface area contributed by atoms with Crippen molar-refractivity contribution < 1.29 is 9.53 Å². The summed E-state index contributed by atoms with van der Waals surface area (Å²) >= 11 is 0. The number of para-hydroxylation sites is 2. The van der Waals surface area contributed by atoms with Crippen molar-refractivity contribution in [1.29, 1.82) is 0 Å². The Bertz CT molecular complexity index is 583. The lowest BCUT2D eigenvalue weighted by molar-refractivity contribution is -0.147. The molecule has 1 fully saturated rings. The standard InChI is InChI=1S/C15H19N3O2/c1-3-20-10(2)15(19)18-8-11(9-18)14-16-12-6-4-5-7-13(12)17-14/h4-7,10-11H,3,8-9H2,1-2H3,(H,16,17)/t10-/m0/s1. The Balaban J connectivity index is 1.64. The summed E-state index contributed by atoms with van der Waals surface area (Å²) in [5.74, 6) is 1.35. The van der Waals surface area contributed by atoms with Gasteiger partial charge in [-0.2, -0.15) is 0 Å². The molecular weight excluding hydrogens is 254 g/mol. The molecule has 0 bridgehead atoms. The van der Waals surface area contributed by atoms with Gasteiger partial charge in [0.1, 0.15) is 11.9 Å². The Kier molecular flexibility index (Phi) is 3.44. The molecule has 1 aliphatic rings. The molecule has 0 aliphatic carbocycles. The fourth-order valence-electron chi connectivity index (χ4n) is 2.58. The summed E-state index contributed by atoms with van der Waals surface area (Å²) in [6.45, 7) is 5.71. The van der Waals surface area contributed by atoms with Crippen molar-refractivity contribution in [3.05, 3.63) is 30.1 Å². The predicted molar refractivity (Wildman–Crippen MR) is 76.5 cm³/mol. The third-order valence-corrected chi connectivity index (χ3v) is 3.75. The summed E-state index contributed by atoms with van der Waals surface area (Å²) in [5, 5.41) is 0. The largest absolute Gasteiger partial charge is 0.369 e. The number of nitrogens with zero attached hydrogens (tertiary/aromatic N) is 2. The van der Waals surface area contributed by atoms with Crippen LogP contribution in [0.2, 0.25) is 0 Å². The fraction of sp³-hybridized carbons (Fsp3) is 0.467. The van der Waals surface area contributed by atoms with Crippen LogP contribution in [0.5, 0.6) is 0 Å². The Morgan fingerprint density at radius 1 is 1.50 bits per heavy atom. The Morgan fingerprint density at radius 2 is 2.25 bits per heavy atom. The fourth-order valence-corrected chi connectivity index (χ4v) is 2.58. The summed E-state index contributed by atoms with van der Waals surface area (Å²) in [5.41, 5.74) is 2.03. The van der Waals surface area contributed by atoms with E-state index in [9.17, 15) is 4.79 Å². The van der Waals surface area contributed by atoms with Gasteiger partial charge in [-0.25, -0.2) is 4.98 Å². The molecule has 1 N–H and O–H groups in total. The molecular formula is C15H19N3O2. The normalized spacial score (nSPS) is 17.2. The first kappa shape index (κ1) is 13.1. The summed E-state index contributed by atoms with van der Waals surface area (Å²) in [6.07, 6.45) is -0.350. The van der Waals surface area contributed by atoms with Gasteiger partial charge in [0.25, 0.3) is 5.91 Å². The number of likely N-dealkylation sites (tertiary alicyclic amines) is 1. The maximum Gasteiger partial charge on any atom is 0.251 e. The number of aromatic amines is 1. The SMILES string of the molecule is CCO[C@@H](C)C(=O)N1CC(c2nc3ccccc3[nH]2)C1. The maximum atomic E-state index is 12.0. The molecule has 2 aromatic rings. The number of aromatic nitrogens is 2. The quantitative estimate of drug-likeness (QED) is 0.925. The number of benzene rings is 1. The van der Waals surface area contributed by atoms with Gasteiger partial charge in [-0.1, -0.05) is 12.1 Å². The predicted octanol–water partition coefficient (Wildman–Crippen LogP) is 1.91. The molecule has 0 radical (unpaired) electrons. The van der Waals surface area contributed by atoms with Crippen LogP contribution in [-0.2, 0) is 9.53 Å². The molecule has 106 valence electrons. The van der Waals surface area contributed by atoms with E-state index in [4.69, 9.17) is 4.74 Å². The van der Waals surface area contributed by atoms with Crippen LogP contribution in [-0.4, -0.2) is 46.6 Å². The van der Waals surface area contributed by atoms with E-state index in [0.717, 1.165) is 29.9 Å². The molecule has 1 atom stereocenters. The first-order valence-corrected chi connectivity index (χ1v) is 7.04. The van der Waals surface area contributed by atoms with E-state index in [2.05, 4.69) is 9.97 Å². The summed E-state index contributed by atoms with van der Waals surface area (Å²) in [4.78, 5) is 21.8. The lowest BCUT2D eigenvalue weighted by Gasteiger charge is -2.39. The average molecular weight is 273 g/mol. The minimum atomic E-state index is -0.350. The molecule has 2 heterocycles. The van der Waals surface area contributed by atoms with E-state index < -0.39 is 0 Å². The van der Waals surface area contributed by atoms with Gasteiger partial charge in [0.2, 0.25) is 0 Å². The minimum Gasteiger partial charge on any atom is -0.369 e. The van der Waals surface area contributed by atoms with Crippen LogP contribution in [0.25, 0.3) is 11.0 Å². The molecule has 0 spiro atoms. The summed E-state index contributed by atoms with van der Waals surface area (Å²) in [6, 6.07) is 7.98. The van der Waals surface area contributed by atoms with Crippen LogP contribution in [0, 0.1) is 0 Å². The van der Waals surface area contributed by atoms with Crippen molar-refractivity contribution >= 4 is 16.9 Å². The van der Waals surface area contributed by atoms with Crippen molar-refractivity contribution in [3.8, 4) is 0 Å². The lowest BCUT2D eigenvalue weighted by atomic mass is 9.99. The van der Waals surface area contributed by atoms with Gasteiger partial charge in [-0.15, -0.1) is 0 Å². The second kappa shape index (κ2) is 5.25. The molecule has 1 saturated heterocycles. The van der Waals surface area contributed by atoms with E-state index in [1.807, 2.05) is 36.1 Å². The monoisotopic (exact) mass is 273 g/mol. The lowest BCUT2D eigenvalue weighted by Crippen LogP contribution is -2.52. The van der Waals surface area contributed by atoms with Gasteiger partial charge in [0.05, 0.1) is 17.0 Å². The highest BCUT2D eigenvalue weighted by Gasteiger charge is 2.35. The molecule has 1 aromatic heterocycles. The summed E-state index contributed by atoms with van der Waals surface area (Å²) in [7, 11) is 0. The number of carbonyl (C=O) groups is 1. The van der Waals surface area contributed by atoms with Crippen molar-refractivity contribution in [2.75, 3.05) is 19.7 Å². The number of ether oxygens (including phenoxy) is 1. The maximum absolute atomic E-state index is 12.0. The van der Waals surface area contributed by atoms with Crippen LogP contribution in [0.4, 0.5) is 0 Å². The van der Waals surface area contributed by atoms with E-state index in [1.165, 1.54) is 0 Å². The molecule has 1 aromatic carbocycles. The van der Waals surface area contributed by atoms with Crippen molar-refractivity contribution in [2.45, 2.75) is 25.9 Å². The van der Waals surface area contributed by atoms with E-state index in [-0.39, 0.29) is 12.0 Å². The van der Waals surface area contributed by atoms with E-state index in [1.54, 1.807) is 6.92 Å². The van der Waals surface area contributed by atoms with E-state index >= 15 is 0 Å². The highest BCUT2D eigenvalue weighted by molar-refractivity contribution is 5.81. The number of hydrogen-bond acceptors (Lipinski definition) is 3. The van der Waals surface area contributed by atoms with Crippen LogP contribution < -0.4 is 0 Å². The van der Waals surface area contributed by atoms with Crippen molar-refractivity contribution in [1.82, 2.24) is 14.9 Å². The van der Waals surface area contributed by atoms with Crippen LogP contribution >= 0.6 is 0 Å². The number of amides is 1. The zero-order chi connectivity index (χ0) is 14.1. The second-order valence-electron chi connectivity index (χ2n) is 5.18. The Labute approximate surface area is 117 Å². The number of carbonyl (C=O) groups excluding carboxylic acids is 1. The number of fused-ring (bicyclic) bond motifs is 1. The zero-order valence-electron chi connectivity index (χ0n) is 11.8. The number of rotatable bonds is 4. The van der Waals surface area contributed by atoms with Gasteiger partial charge in [0.15, 0.2) is 0 Å². The zero-order valence-corrected chi connectivity index (χ0v) is 11.8. The molecule has 0 saturated carbocycles. The van der Waals surface area contributed by atoms with Crippen LogP contribution in [0.1, 0.15) is 25.6 Å². The minimum absolute atomic E-state index is 0.0687. The molecule has 1 amide bonds. The highest BCUT2D eigenvalue weighted by atomic mass is 16.5. The van der Waals surface area contributed by atoms with Gasteiger partial charge in [-0.05, 0) is 26.0 Å². The first-order chi connectivity index (χ1) is 9.69. The van der Waals surface area contributed by atoms with Crippen molar-refractivity contribution in [2.24, 2.45) is 0 Å². The summed E-state index contributed by atoms with van der Waals surface area (Å²) < 4.78 is 5.33. The molecule has 0 unspecified atom stereocenters. The molecule has 1 aliphatic heterocycles. The number of imidazole rings is 1. The smallest absolute Gasteiger partial charge is 0.251 e. The second-order valence-corrected chi connectivity index (χ2v) is 5.18. The first-order valence-electron chi connectivity index (χ1n) is 7.04. The number of nitrogens with one attached hydrogen (secondary N) is 1. The van der Waals surface area contributed by atoms with Gasteiger partial charge >= 0.3 is 0 Å². The topological polar surface area (TPSA) is 58.2 Å². The third kappa shape index (κ3) is 2.29. The Hall–Kier alpha value is -1.88. The van der Waals surface area contributed by atoms with Crippen molar-refractivity contribution in [3.63, 3.8) is 0 Å². The molecule has 3 rings (SSSR count). The highest BCUT2D eigenvalue weighted by Crippen LogP contribution is 2.27. The van der Waals surface area contributed by atoms with E-state index in [0.29, 0.717) is 12.5 Å². The van der Waals surface area contributed by atoms with Gasteiger partial charge < -0.3 is 14.6 Å². The molecule has 20 heavy (non-hydrogen) atoms. The van der Waals surface area contributed by atoms with Crippen LogP contribution in [0.3, 0.4) is 0 Å².